The lowest BCUT2D eigenvalue weighted by Gasteiger charge is -2.33. The van der Waals surface area contributed by atoms with E-state index in [1.165, 1.54) is 11.3 Å². The molecular formula is C17H19N3O4S2. The van der Waals surface area contributed by atoms with E-state index in [1.54, 1.807) is 28.9 Å². The Balaban J connectivity index is 1.48. The minimum atomic E-state index is -3.52. The van der Waals surface area contributed by atoms with E-state index in [1.807, 2.05) is 19.1 Å². The Hall–Kier alpha value is -1.94. The number of nitrogens with zero attached hydrogens (tertiary/aromatic N) is 3. The number of aryl methyl sites for hydroxylation is 1. The second kappa shape index (κ2) is 6.99. The van der Waals surface area contributed by atoms with Crippen LogP contribution in [0.25, 0.3) is 10.6 Å². The van der Waals surface area contributed by atoms with Gasteiger partial charge in [0.25, 0.3) is 0 Å². The summed E-state index contributed by atoms with van der Waals surface area (Å²) in [5.41, 5.74) is 0. The highest BCUT2D eigenvalue weighted by Gasteiger charge is 2.31. The summed E-state index contributed by atoms with van der Waals surface area (Å²) in [5.74, 6) is 1.48. The molecular weight excluding hydrogens is 374 g/mol. The smallest absolute Gasteiger partial charge is 0.244 e. The molecule has 3 aromatic rings. The zero-order chi connectivity index (χ0) is 18.1. The van der Waals surface area contributed by atoms with Crippen LogP contribution in [-0.4, -0.2) is 49.0 Å². The van der Waals surface area contributed by atoms with Crippen LogP contribution >= 0.6 is 11.3 Å². The Morgan fingerprint density at radius 3 is 2.69 bits per heavy atom. The van der Waals surface area contributed by atoms with Gasteiger partial charge in [-0.15, -0.1) is 11.3 Å². The van der Waals surface area contributed by atoms with Crippen LogP contribution < -0.4 is 0 Å². The van der Waals surface area contributed by atoms with Gasteiger partial charge in [-0.05, 0) is 25.1 Å². The van der Waals surface area contributed by atoms with Gasteiger partial charge in [0.05, 0.1) is 28.8 Å². The minimum Gasteiger partial charge on any atom is -0.468 e. The maximum atomic E-state index is 13.1. The quantitative estimate of drug-likeness (QED) is 0.663. The maximum Gasteiger partial charge on any atom is 0.244 e. The molecule has 7 nitrogen and oxygen atoms in total. The molecule has 0 unspecified atom stereocenters. The van der Waals surface area contributed by atoms with E-state index in [4.69, 9.17) is 8.94 Å². The molecule has 1 aliphatic rings. The number of aromatic nitrogens is 1. The number of piperazine rings is 1. The van der Waals surface area contributed by atoms with Crippen LogP contribution in [0.15, 0.2) is 50.6 Å². The molecule has 26 heavy (non-hydrogen) atoms. The standard InChI is InChI=1S/C17H19N3O4S2/c1-13-17(11-16(25-13)15-4-5-18-24-15)26(21,22)20-8-6-19(7-9-20)12-14-3-2-10-23-14/h2-5,10-11H,6-9,12H2,1H3. The van der Waals surface area contributed by atoms with Gasteiger partial charge in [0.1, 0.15) is 5.76 Å². The minimum absolute atomic E-state index is 0.355. The largest absolute Gasteiger partial charge is 0.468 e. The molecule has 0 radical (unpaired) electrons. The summed E-state index contributed by atoms with van der Waals surface area (Å²) in [6, 6.07) is 7.21. The summed E-state index contributed by atoms with van der Waals surface area (Å²) in [6.07, 6.45) is 3.21. The third-order valence-corrected chi connectivity index (χ3v) is 7.68. The molecule has 1 fully saturated rings. The van der Waals surface area contributed by atoms with Crippen molar-refractivity contribution in [3.05, 3.63) is 47.4 Å². The molecule has 0 aromatic carbocycles. The van der Waals surface area contributed by atoms with Crippen molar-refractivity contribution in [1.82, 2.24) is 14.4 Å². The van der Waals surface area contributed by atoms with E-state index in [0.717, 1.165) is 15.5 Å². The highest BCUT2D eigenvalue weighted by atomic mass is 32.2. The first-order chi connectivity index (χ1) is 12.5. The molecule has 138 valence electrons. The Bertz CT molecular complexity index is 954. The van der Waals surface area contributed by atoms with Gasteiger partial charge in [-0.1, -0.05) is 5.16 Å². The van der Waals surface area contributed by atoms with Crippen LogP contribution in [0, 0.1) is 6.92 Å². The molecule has 0 amide bonds. The van der Waals surface area contributed by atoms with Crippen molar-refractivity contribution >= 4 is 21.4 Å². The molecule has 3 aromatic heterocycles. The maximum absolute atomic E-state index is 13.1. The molecule has 0 atom stereocenters. The first-order valence-corrected chi connectivity index (χ1v) is 10.6. The van der Waals surface area contributed by atoms with Crippen molar-refractivity contribution in [3.8, 4) is 10.6 Å². The van der Waals surface area contributed by atoms with Crippen LogP contribution in [0.2, 0.25) is 0 Å². The summed E-state index contributed by atoms with van der Waals surface area (Å²) in [5, 5.41) is 3.69. The van der Waals surface area contributed by atoms with E-state index in [9.17, 15) is 8.42 Å². The van der Waals surface area contributed by atoms with Crippen molar-refractivity contribution in [3.63, 3.8) is 0 Å². The summed E-state index contributed by atoms with van der Waals surface area (Å²) in [4.78, 5) is 4.09. The highest BCUT2D eigenvalue weighted by Crippen LogP contribution is 2.35. The van der Waals surface area contributed by atoms with E-state index in [2.05, 4.69) is 10.1 Å². The Morgan fingerprint density at radius 1 is 1.23 bits per heavy atom. The third kappa shape index (κ3) is 3.35. The number of rotatable bonds is 5. The summed E-state index contributed by atoms with van der Waals surface area (Å²) >= 11 is 1.40. The van der Waals surface area contributed by atoms with Gasteiger partial charge >= 0.3 is 0 Å². The molecule has 4 heterocycles. The van der Waals surface area contributed by atoms with Crippen molar-refractivity contribution in [2.45, 2.75) is 18.4 Å². The molecule has 4 rings (SSSR count). The SMILES string of the molecule is Cc1sc(-c2ccno2)cc1S(=O)(=O)N1CCN(Cc2ccco2)CC1. The lowest BCUT2D eigenvalue weighted by atomic mass is 10.3. The van der Waals surface area contributed by atoms with Crippen LogP contribution in [0.5, 0.6) is 0 Å². The Morgan fingerprint density at radius 2 is 2.04 bits per heavy atom. The van der Waals surface area contributed by atoms with E-state index >= 15 is 0 Å². The average Bonchev–Trinajstić information content (AvgIpc) is 3.36. The van der Waals surface area contributed by atoms with E-state index in [-0.39, 0.29) is 0 Å². The monoisotopic (exact) mass is 393 g/mol. The molecule has 0 spiro atoms. The fourth-order valence-electron chi connectivity index (χ4n) is 3.08. The molecule has 0 saturated carbocycles. The van der Waals surface area contributed by atoms with Gasteiger partial charge in [0, 0.05) is 37.1 Å². The van der Waals surface area contributed by atoms with Crippen LogP contribution in [0.4, 0.5) is 0 Å². The first kappa shape index (κ1) is 17.5. The normalized spacial score (nSPS) is 17.0. The second-order valence-electron chi connectivity index (χ2n) is 6.17. The van der Waals surface area contributed by atoms with Crippen molar-refractivity contribution in [2.24, 2.45) is 0 Å². The molecule has 0 N–H and O–H groups in total. The topological polar surface area (TPSA) is 79.8 Å². The predicted molar refractivity (Wildman–Crippen MR) is 97.3 cm³/mol. The van der Waals surface area contributed by atoms with Gasteiger partial charge in [0.2, 0.25) is 10.0 Å². The second-order valence-corrected chi connectivity index (χ2v) is 9.33. The zero-order valence-corrected chi connectivity index (χ0v) is 15.9. The summed E-state index contributed by atoms with van der Waals surface area (Å²) < 4.78 is 38.2. The van der Waals surface area contributed by atoms with Crippen LogP contribution in [0.1, 0.15) is 10.6 Å². The fourth-order valence-corrected chi connectivity index (χ4v) is 6.02. The summed E-state index contributed by atoms with van der Waals surface area (Å²) in [7, 11) is -3.52. The molecule has 0 bridgehead atoms. The van der Waals surface area contributed by atoms with E-state index in [0.29, 0.717) is 43.4 Å². The number of sulfonamides is 1. The van der Waals surface area contributed by atoms with E-state index < -0.39 is 10.0 Å². The molecule has 9 heteroatoms. The van der Waals surface area contributed by atoms with Crippen molar-refractivity contribution < 1.29 is 17.4 Å². The Labute approximate surface area is 155 Å². The van der Waals surface area contributed by atoms with Crippen LogP contribution in [0.3, 0.4) is 0 Å². The number of hydrogen-bond donors (Lipinski definition) is 0. The van der Waals surface area contributed by atoms with Gasteiger partial charge in [-0.25, -0.2) is 8.42 Å². The number of hydrogen-bond acceptors (Lipinski definition) is 7. The average molecular weight is 393 g/mol. The van der Waals surface area contributed by atoms with Gasteiger partial charge in [-0.2, -0.15) is 4.31 Å². The molecule has 1 saturated heterocycles. The predicted octanol–water partition coefficient (Wildman–Crippen LogP) is 2.81. The van der Waals surface area contributed by atoms with Crippen LogP contribution in [-0.2, 0) is 16.6 Å². The third-order valence-electron chi connectivity index (χ3n) is 4.46. The van der Waals surface area contributed by atoms with Gasteiger partial charge < -0.3 is 8.94 Å². The summed E-state index contributed by atoms with van der Waals surface area (Å²) in [6.45, 7) is 4.82. The highest BCUT2D eigenvalue weighted by molar-refractivity contribution is 7.89. The van der Waals surface area contributed by atoms with Gasteiger partial charge in [-0.3, -0.25) is 4.90 Å². The zero-order valence-electron chi connectivity index (χ0n) is 14.3. The lowest BCUT2D eigenvalue weighted by molar-refractivity contribution is 0.171. The molecule has 1 aliphatic heterocycles. The van der Waals surface area contributed by atoms with Crippen molar-refractivity contribution in [1.29, 1.82) is 0 Å². The number of furan rings is 1. The lowest BCUT2D eigenvalue weighted by Crippen LogP contribution is -2.48. The molecule has 0 aliphatic carbocycles. The Kier molecular flexibility index (Phi) is 4.70. The number of thiophene rings is 1. The van der Waals surface area contributed by atoms with Gasteiger partial charge in [0.15, 0.2) is 5.76 Å². The van der Waals surface area contributed by atoms with Crippen molar-refractivity contribution in [2.75, 3.05) is 26.2 Å². The first-order valence-electron chi connectivity index (χ1n) is 8.30. The fraction of sp³-hybridized carbons (Fsp3) is 0.353.